The van der Waals surface area contributed by atoms with Crippen LogP contribution in [-0.2, 0) is 21.3 Å². The zero-order valence-electron chi connectivity index (χ0n) is 11.9. The molecule has 0 radical (unpaired) electrons. The number of carbonyl (C=O) groups is 1. The van der Waals surface area contributed by atoms with Crippen LogP contribution in [0.25, 0.3) is 0 Å². The summed E-state index contributed by atoms with van der Waals surface area (Å²) in [5.41, 5.74) is 1.36. The van der Waals surface area contributed by atoms with Crippen molar-refractivity contribution in [2.24, 2.45) is 5.92 Å². The SMILES string of the molecule is COC(=O)Nc1ccc(CNS(=O)(=O)CC(C)CCl)cc1. The van der Waals surface area contributed by atoms with Gasteiger partial charge in [0, 0.05) is 18.1 Å². The van der Waals surface area contributed by atoms with Crippen molar-refractivity contribution < 1.29 is 17.9 Å². The number of hydrogen-bond acceptors (Lipinski definition) is 4. The molecule has 1 unspecified atom stereocenters. The number of benzene rings is 1. The molecular formula is C13H19ClN2O4S. The highest BCUT2D eigenvalue weighted by molar-refractivity contribution is 7.89. The average molecular weight is 335 g/mol. The third-order valence-corrected chi connectivity index (χ3v) is 4.77. The smallest absolute Gasteiger partial charge is 0.411 e. The maximum atomic E-state index is 11.8. The number of ether oxygens (including phenoxy) is 1. The second kappa shape index (κ2) is 8.21. The Morgan fingerprint density at radius 3 is 2.48 bits per heavy atom. The van der Waals surface area contributed by atoms with E-state index < -0.39 is 16.1 Å². The van der Waals surface area contributed by atoms with Gasteiger partial charge in [0.1, 0.15) is 0 Å². The minimum atomic E-state index is -3.35. The average Bonchev–Trinajstić information content (AvgIpc) is 2.46. The normalized spacial score (nSPS) is 12.7. The van der Waals surface area contributed by atoms with Gasteiger partial charge >= 0.3 is 6.09 Å². The molecular weight excluding hydrogens is 316 g/mol. The van der Waals surface area contributed by atoms with Crippen molar-refractivity contribution in [3.8, 4) is 0 Å². The highest BCUT2D eigenvalue weighted by Gasteiger charge is 2.14. The maximum Gasteiger partial charge on any atom is 0.411 e. The lowest BCUT2D eigenvalue weighted by Gasteiger charge is -2.10. The lowest BCUT2D eigenvalue weighted by molar-refractivity contribution is 0.187. The lowest BCUT2D eigenvalue weighted by Crippen LogP contribution is -2.29. The van der Waals surface area contributed by atoms with E-state index in [1.807, 2.05) is 0 Å². The number of hydrogen-bond donors (Lipinski definition) is 2. The van der Waals surface area contributed by atoms with Crippen LogP contribution in [0, 0.1) is 5.92 Å². The first-order valence-corrected chi connectivity index (χ1v) is 8.52. The summed E-state index contributed by atoms with van der Waals surface area (Å²) in [5.74, 6) is 0.198. The number of rotatable bonds is 7. The van der Waals surface area contributed by atoms with Crippen LogP contribution in [-0.4, -0.2) is 33.3 Å². The zero-order valence-corrected chi connectivity index (χ0v) is 13.5. The van der Waals surface area contributed by atoms with Crippen LogP contribution >= 0.6 is 11.6 Å². The minimum absolute atomic E-state index is 0.00151. The molecule has 0 bridgehead atoms. The number of alkyl halides is 1. The molecule has 0 fully saturated rings. The largest absolute Gasteiger partial charge is 0.453 e. The molecule has 0 aliphatic carbocycles. The first-order valence-electron chi connectivity index (χ1n) is 6.33. The number of amides is 1. The molecule has 21 heavy (non-hydrogen) atoms. The molecule has 0 saturated heterocycles. The standard InChI is InChI=1S/C13H19ClN2O4S/c1-10(7-14)9-21(18,19)15-8-11-3-5-12(6-4-11)16-13(17)20-2/h3-6,10,15H,7-9H2,1-2H3,(H,16,17). The second-order valence-electron chi connectivity index (χ2n) is 4.68. The van der Waals surface area contributed by atoms with Crippen LogP contribution in [0.4, 0.5) is 10.5 Å². The van der Waals surface area contributed by atoms with Crippen molar-refractivity contribution in [1.29, 1.82) is 0 Å². The van der Waals surface area contributed by atoms with Crippen molar-refractivity contribution in [3.05, 3.63) is 29.8 Å². The van der Waals surface area contributed by atoms with Gasteiger partial charge in [0.25, 0.3) is 0 Å². The highest BCUT2D eigenvalue weighted by Crippen LogP contribution is 2.10. The maximum absolute atomic E-state index is 11.8. The predicted octanol–water partition coefficient (Wildman–Crippen LogP) is 2.16. The van der Waals surface area contributed by atoms with Gasteiger partial charge in [-0.3, -0.25) is 5.32 Å². The molecule has 0 aromatic heterocycles. The van der Waals surface area contributed by atoms with E-state index in [4.69, 9.17) is 11.6 Å². The third kappa shape index (κ3) is 6.79. The topological polar surface area (TPSA) is 84.5 Å². The minimum Gasteiger partial charge on any atom is -0.453 e. The van der Waals surface area contributed by atoms with E-state index in [-0.39, 0.29) is 18.2 Å². The summed E-state index contributed by atoms with van der Waals surface area (Å²) in [6.45, 7) is 1.97. The van der Waals surface area contributed by atoms with E-state index in [9.17, 15) is 13.2 Å². The summed E-state index contributed by atoms with van der Waals surface area (Å²) in [4.78, 5) is 11.0. The van der Waals surface area contributed by atoms with E-state index in [2.05, 4.69) is 14.8 Å². The van der Waals surface area contributed by atoms with Crippen LogP contribution in [0.5, 0.6) is 0 Å². The first kappa shape index (κ1) is 17.7. The number of carbonyl (C=O) groups excluding carboxylic acids is 1. The number of methoxy groups -OCH3 is 1. The molecule has 0 saturated carbocycles. The monoisotopic (exact) mass is 334 g/mol. The fourth-order valence-corrected chi connectivity index (χ4v) is 3.16. The van der Waals surface area contributed by atoms with Crippen LogP contribution in [0.3, 0.4) is 0 Å². The van der Waals surface area contributed by atoms with E-state index in [1.165, 1.54) is 7.11 Å². The number of halogens is 1. The fourth-order valence-electron chi connectivity index (χ4n) is 1.55. The second-order valence-corrected chi connectivity index (χ2v) is 6.84. The Kier molecular flexibility index (Phi) is 6.94. The molecule has 0 spiro atoms. The molecule has 1 rings (SSSR count). The van der Waals surface area contributed by atoms with Gasteiger partial charge in [0.2, 0.25) is 10.0 Å². The van der Waals surface area contributed by atoms with Crippen LogP contribution < -0.4 is 10.0 Å². The molecule has 0 aliphatic rings. The molecule has 1 aromatic rings. The Hall–Kier alpha value is -1.31. The van der Waals surface area contributed by atoms with E-state index in [0.717, 1.165) is 5.56 Å². The van der Waals surface area contributed by atoms with Crippen LogP contribution in [0.1, 0.15) is 12.5 Å². The van der Waals surface area contributed by atoms with Crippen molar-refractivity contribution in [1.82, 2.24) is 4.72 Å². The highest BCUT2D eigenvalue weighted by atomic mass is 35.5. The summed E-state index contributed by atoms with van der Waals surface area (Å²) >= 11 is 5.61. The van der Waals surface area contributed by atoms with Crippen molar-refractivity contribution in [2.45, 2.75) is 13.5 Å². The zero-order chi connectivity index (χ0) is 15.9. The predicted molar refractivity (Wildman–Crippen MR) is 83.0 cm³/mol. The molecule has 118 valence electrons. The molecule has 1 amide bonds. The number of sulfonamides is 1. The van der Waals surface area contributed by atoms with Gasteiger partial charge in [-0.05, 0) is 23.6 Å². The van der Waals surface area contributed by atoms with Gasteiger partial charge in [0.15, 0.2) is 0 Å². The van der Waals surface area contributed by atoms with Gasteiger partial charge in [-0.1, -0.05) is 19.1 Å². The molecule has 6 nitrogen and oxygen atoms in total. The Morgan fingerprint density at radius 1 is 1.33 bits per heavy atom. The molecule has 2 N–H and O–H groups in total. The Bertz CT molecular complexity index is 560. The first-order chi connectivity index (χ1) is 9.86. The van der Waals surface area contributed by atoms with Crippen molar-refractivity contribution >= 4 is 33.4 Å². The van der Waals surface area contributed by atoms with Gasteiger partial charge in [-0.2, -0.15) is 0 Å². The number of nitrogens with one attached hydrogen (secondary N) is 2. The molecule has 0 aliphatic heterocycles. The van der Waals surface area contributed by atoms with Gasteiger partial charge in [-0.25, -0.2) is 17.9 Å². The summed E-state index contributed by atoms with van der Waals surface area (Å²) in [6.07, 6.45) is -0.557. The summed E-state index contributed by atoms with van der Waals surface area (Å²) in [7, 11) is -2.07. The molecule has 1 atom stereocenters. The summed E-state index contributed by atoms with van der Waals surface area (Å²) in [6, 6.07) is 6.78. The van der Waals surface area contributed by atoms with Crippen molar-refractivity contribution in [3.63, 3.8) is 0 Å². The van der Waals surface area contributed by atoms with Crippen LogP contribution in [0.2, 0.25) is 0 Å². The van der Waals surface area contributed by atoms with Gasteiger partial charge in [-0.15, -0.1) is 11.6 Å². The number of anilines is 1. The summed E-state index contributed by atoms with van der Waals surface area (Å²) < 4.78 is 30.5. The Balaban J connectivity index is 2.54. The van der Waals surface area contributed by atoms with Gasteiger partial charge in [0.05, 0.1) is 12.9 Å². The van der Waals surface area contributed by atoms with Crippen molar-refractivity contribution in [2.75, 3.05) is 24.1 Å². The summed E-state index contributed by atoms with van der Waals surface area (Å²) in [5, 5.41) is 2.51. The Labute approximate surface area is 129 Å². The molecule has 0 heterocycles. The fraction of sp³-hybridized carbons (Fsp3) is 0.462. The Morgan fingerprint density at radius 2 is 1.95 bits per heavy atom. The molecule has 1 aromatic carbocycles. The lowest BCUT2D eigenvalue weighted by atomic mass is 10.2. The van der Waals surface area contributed by atoms with E-state index in [1.54, 1.807) is 31.2 Å². The van der Waals surface area contributed by atoms with Crippen LogP contribution in [0.15, 0.2) is 24.3 Å². The quantitative estimate of drug-likeness (QED) is 0.748. The third-order valence-electron chi connectivity index (χ3n) is 2.65. The molecule has 8 heteroatoms. The van der Waals surface area contributed by atoms with Gasteiger partial charge < -0.3 is 4.74 Å². The van der Waals surface area contributed by atoms with E-state index in [0.29, 0.717) is 11.6 Å². The van der Waals surface area contributed by atoms with E-state index >= 15 is 0 Å².